The number of hydrogen-bond acceptors (Lipinski definition) is 4. The van der Waals surface area contributed by atoms with Gasteiger partial charge < -0.3 is 5.11 Å². The standard InChI is InChI=1S/C9H9NO3S/c10-7-8-2-1-3-9(6-8)14(12,13)5-4-11/h1-3,6,11H,4-5H2. The van der Waals surface area contributed by atoms with Gasteiger partial charge in [0.15, 0.2) is 9.84 Å². The van der Waals surface area contributed by atoms with Gasteiger partial charge in [0.25, 0.3) is 0 Å². The van der Waals surface area contributed by atoms with E-state index in [0.717, 1.165) is 0 Å². The third kappa shape index (κ3) is 2.31. The lowest BCUT2D eigenvalue weighted by Crippen LogP contribution is -2.10. The molecule has 74 valence electrons. The van der Waals surface area contributed by atoms with Crippen molar-refractivity contribution in [2.45, 2.75) is 4.90 Å². The van der Waals surface area contributed by atoms with Crippen LogP contribution in [0.15, 0.2) is 29.2 Å². The highest BCUT2D eigenvalue weighted by Crippen LogP contribution is 2.12. The number of nitrogens with zero attached hydrogens (tertiary/aromatic N) is 1. The first kappa shape index (κ1) is 10.7. The third-order valence-electron chi connectivity index (χ3n) is 1.68. The van der Waals surface area contributed by atoms with Crippen LogP contribution < -0.4 is 0 Å². The summed E-state index contributed by atoms with van der Waals surface area (Å²) in [6.07, 6.45) is 0. The van der Waals surface area contributed by atoms with Crippen molar-refractivity contribution in [2.75, 3.05) is 12.4 Å². The van der Waals surface area contributed by atoms with E-state index in [1.807, 2.05) is 6.07 Å². The number of hydrogen-bond donors (Lipinski definition) is 1. The third-order valence-corrected chi connectivity index (χ3v) is 3.37. The molecule has 0 heterocycles. The lowest BCUT2D eigenvalue weighted by atomic mass is 10.2. The van der Waals surface area contributed by atoms with Gasteiger partial charge in [-0.15, -0.1) is 0 Å². The summed E-state index contributed by atoms with van der Waals surface area (Å²) < 4.78 is 22.9. The predicted octanol–water partition coefficient (Wildman–Crippen LogP) is 0.324. The zero-order valence-electron chi connectivity index (χ0n) is 7.34. The van der Waals surface area contributed by atoms with Crippen molar-refractivity contribution in [1.29, 1.82) is 5.26 Å². The van der Waals surface area contributed by atoms with Crippen LogP contribution in [0.3, 0.4) is 0 Å². The summed E-state index contributed by atoms with van der Waals surface area (Å²) in [4.78, 5) is 0.0746. The van der Waals surface area contributed by atoms with Gasteiger partial charge >= 0.3 is 0 Å². The van der Waals surface area contributed by atoms with E-state index in [4.69, 9.17) is 10.4 Å². The Balaban J connectivity index is 3.15. The minimum atomic E-state index is -3.44. The van der Waals surface area contributed by atoms with Gasteiger partial charge in [-0.05, 0) is 18.2 Å². The maximum absolute atomic E-state index is 11.4. The molecule has 5 heteroatoms. The average Bonchev–Trinajstić information content (AvgIpc) is 2.18. The molecule has 0 aliphatic carbocycles. The van der Waals surface area contributed by atoms with Crippen LogP contribution in [0.4, 0.5) is 0 Å². The molecule has 0 saturated carbocycles. The lowest BCUT2D eigenvalue weighted by Gasteiger charge is -2.01. The SMILES string of the molecule is N#Cc1cccc(S(=O)(=O)CCO)c1. The van der Waals surface area contributed by atoms with E-state index >= 15 is 0 Å². The Hall–Kier alpha value is -1.38. The molecule has 0 radical (unpaired) electrons. The second-order valence-corrected chi connectivity index (χ2v) is 4.79. The smallest absolute Gasteiger partial charge is 0.180 e. The van der Waals surface area contributed by atoms with Crippen molar-refractivity contribution >= 4 is 9.84 Å². The molecule has 0 aliphatic heterocycles. The largest absolute Gasteiger partial charge is 0.395 e. The second kappa shape index (κ2) is 4.22. The summed E-state index contributed by atoms with van der Waals surface area (Å²) in [7, 11) is -3.44. The molecule has 0 aliphatic rings. The first-order valence-electron chi connectivity index (χ1n) is 3.94. The van der Waals surface area contributed by atoms with Gasteiger partial charge in [0, 0.05) is 0 Å². The molecule has 4 nitrogen and oxygen atoms in total. The quantitative estimate of drug-likeness (QED) is 0.781. The maximum Gasteiger partial charge on any atom is 0.180 e. The first-order chi connectivity index (χ1) is 6.60. The summed E-state index contributed by atoms with van der Waals surface area (Å²) in [5, 5.41) is 17.1. The number of nitriles is 1. The molecule has 1 rings (SSSR count). The van der Waals surface area contributed by atoms with Crippen molar-refractivity contribution < 1.29 is 13.5 Å². The molecule has 1 N–H and O–H groups in total. The van der Waals surface area contributed by atoms with Crippen molar-refractivity contribution in [1.82, 2.24) is 0 Å². The van der Waals surface area contributed by atoms with E-state index in [1.54, 1.807) is 0 Å². The minimum absolute atomic E-state index is 0.0746. The van der Waals surface area contributed by atoms with Gasteiger partial charge in [-0.1, -0.05) is 6.07 Å². The van der Waals surface area contributed by atoms with Crippen molar-refractivity contribution in [3.05, 3.63) is 29.8 Å². The molecule has 0 amide bonds. The maximum atomic E-state index is 11.4. The summed E-state index contributed by atoms with van der Waals surface area (Å²) in [5.41, 5.74) is 0.295. The van der Waals surface area contributed by atoms with Gasteiger partial charge in [0.1, 0.15) is 0 Å². The molecule has 1 aromatic carbocycles. The molecule has 0 fully saturated rings. The van der Waals surface area contributed by atoms with Gasteiger partial charge in [0.2, 0.25) is 0 Å². The number of sulfone groups is 1. The van der Waals surface area contributed by atoms with Crippen LogP contribution in [-0.4, -0.2) is 25.9 Å². The van der Waals surface area contributed by atoms with Crippen molar-refractivity contribution in [2.24, 2.45) is 0 Å². The Morgan fingerprint density at radius 1 is 1.43 bits per heavy atom. The van der Waals surface area contributed by atoms with Crippen LogP contribution in [0, 0.1) is 11.3 Å². The van der Waals surface area contributed by atoms with Crippen LogP contribution in [0.2, 0.25) is 0 Å². The van der Waals surface area contributed by atoms with Crippen LogP contribution in [0.1, 0.15) is 5.56 Å². The number of aliphatic hydroxyl groups is 1. The molecule has 0 spiro atoms. The topological polar surface area (TPSA) is 78.2 Å². The number of rotatable bonds is 3. The van der Waals surface area contributed by atoms with Crippen LogP contribution in [-0.2, 0) is 9.84 Å². The highest BCUT2D eigenvalue weighted by molar-refractivity contribution is 7.91. The van der Waals surface area contributed by atoms with E-state index in [-0.39, 0.29) is 10.6 Å². The highest BCUT2D eigenvalue weighted by atomic mass is 32.2. The Morgan fingerprint density at radius 2 is 2.14 bits per heavy atom. The Bertz CT molecular complexity index is 459. The second-order valence-electron chi connectivity index (χ2n) is 2.68. The summed E-state index contributed by atoms with van der Waals surface area (Å²) >= 11 is 0. The highest BCUT2D eigenvalue weighted by Gasteiger charge is 2.13. The van der Waals surface area contributed by atoms with Gasteiger partial charge in [-0.2, -0.15) is 5.26 Å². The molecule has 0 bridgehead atoms. The van der Waals surface area contributed by atoms with Crippen molar-refractivity contribution in [3.63, 3.8) is 0 Å². The molecule has 1 aromatic rings. The molecular weight excluding hydrogens is 202 g/mol. The molecular formula is C9H9NO3S. The average molecular weight is 211 g/mol. The fourth-order valence-electron chi connectivity index (χ4n) is 0.997. The molecule has 0 unspecified atom stereocenters. The molecule has 0 atom stereocenters. The van der Waals surface area contributed by atoms with E-state index in [9.17, 15) is 8.42 Å². The van der Waals surface area contributed by atoms with E-state index in [0.29, 0.717) is 5.56 Å². The van der Waals surface area contributed by atoms with E-state index < -0.39 is 16.4 Å². The predicted molar refractivity (Wildman–Crippen MR) is 50.3 cm³/mol. The van der Waals surface area contributed by atoms with E-state index in [2.05, 4.69) is 0 Å². The normalized spacial score (nSPS) is 10.9. The van der Waals surface area contributed by atoms with Gasteiger partial charge in [-0.3, -0.25) is 0 Å². The van der Waals surface area contributed by atoms with Crippen LogP contribution in [0.25, 0.3) is 0 Å². The zero-order chi connectivity index (χ0) is 10.6. The Kier molecular flexibility index (Phi) is 3.23. The van der Waals surface area contributed by atoms with Crippen molar-refractivity contribution in [3.8, 4) is 6.07 Å². The zero-order valence-corrected chi connectivity index (χ0v) is 8.16. The fourth-order valence-corrected chi connectivity index (χ4v) is 2.07. The molecule has 0 aromatic heterocycles. The molecule has 14 heavy (non-hydrogen) atoms. The summed E-state index contributed by atoms with van der Waals surface area (Å²) in [5.74, 6) is -0.318. The summed E-state index contributed by atoms with van der Waals surface area (Å²) in [6.45, 7) is -0.418. The fraction of sp³-hybridized carbons (Fsp3) is 0.222. The van der Waals surface area contributed by atoms with Crippen LogP contribution >= 0.6 is 0 Å². The van der Waals surface area contributed by atoms with Gasteiger partial charge in [-0.25, -0.2) is 8.42 Å². The molecule has 0 saturated heterocycles. The number of aliphatic hydroxyl groups excluding tert-OH is 1. The Labute approximate surface area is 82.3 Å². The number of benzene rings is 1. The van der Waals surface area contributed by atoms with E-state index in [1.165, 1.54) is 24.3 Å². The summed E-state index contributed by atoms with van der Waals surface area (Å²) in [6, 6.07) is 7.59. The van der Waals surface area contributed by atoms with Gasteiger partial charge in [0.05, 0.1) is 28.9 Å². The monoisotopic (exact) mass is 211 g/mol. The lowest BCUT2D eigenvalue weighted by molar-refractivity contribution is 0.319. The minimum Gasteiger partial charge on any atom is -0.395 e. The Morgan fingerprint density at radius 3 is 2.71 bits per heavy atom. The first-order valence-corrected chi connectivity index (χ1v) is 5.59. The van der Waals surface area contributed by atoms with Crippen LogP contribution in [0.5, 0.6) is 0 Å².